The zero-order chi connectivity index (χ0) is 28.6. The van der Waals surface area contributed by atoms with Gasteiger partial charge < -0.3 is 29.0 Å². The molecule has 0 spiro atoms. The summed E-state index contributed by atoms with van der Waals surface area (Å²) in [5.74, 6) is -0.205. The number of nitrogens with zero attached hydrogens (tertiary/aromatic N) is 1. The van der Waals surface area contributed by atoms with E-state index in [4.69, 9.17) is 18.9 Å². The Bertz CT molecular complexity index is 1160. The Morgan fingerprint density at radius 3 is 2.23 bits per heavy atom. The molecular formula is C31H36FNO7. The Kier molecular flexibility index (Phi) is 12.9. The summed E-state index contributed by atoms with van der Waals surface area (Å²) in [6.07, 6.45) is 0.336. The number of hydrogen-bond donors (Lipinski definition) is 1. The van der Waals surface area contributed by atoms with Crippen LogP contribution in [0.4, 0.5) is 9.18 Å². The topological polar surface area (TPSA) is 94.5 Å². The lowest BCUT2D eigenvalue weighted by atomic mass is 10.1. The fourth-order valence-electron chi connectivity index (χ4n) is 3.85. The van der Waals surface area contributed by atoms with Gasteiger partial charge in [0.25, 0.3) is 0 Å². The Morgan fingerprint density at radius 2 is 1.55 bits per heavy atom. The van der Waals surface area contributed by atoms with E-state index in [2.05, 4.69) is 0 Å². The van der Waals surface area contributed by atoms with E-state index in [1.807, 2.05) is 6.07 Å². The Hall–Kier alpha value is -3.95. The lowest BCUT2D eigenvalue weighted by molar-refractivity contribution is -0.149. The van der Waals surface area contributed by atoms with Gasteiger partial charge in [-0.15, -0.1) is 0 Å². The fraction of sp³-hybridized carbons (Fsp3) is 0.355. The molecule has 3 aromatic carbocycles. The quantitative estimate of drug-likeness (QED) is 0.213. The second-order valence-corrected chi connectivity index (χ2v) is 9.03. The highest BCUT2D eigenvalue weighted by Gasteiger charge is 2.18. The monoisotopic (exact) mass is 553 g/mol. The molecule has 1 atom stereocenters. The summed E-state index contributed by atoms with van der Waals surface area (Å²) >= 11 is 0. The van der Waals surface area contributed by atoms with Gasteiger partial charge in [-0.1, -0.05) is 42.5 Å². The standard InChI is InChI=1S/C31H36FNO7/c1-2-38-29(30(34)35)22-24-12-16-27(17-13-24)39-21-19-33(31(36)40-28-8-4-3-5-9-28)18-6-7-20-37-23-25-10-14-26(32)15-11-25/h3-5,8-17,29H,2,6-7,18-23H2,1H3,(H,34,35). The number of carboxylic acid groups (broad SMARTS) is 1. The zero-order valence-corrected chi connectivity index (χ0v) is 22.7. The summed E-state index contributed by atoms with van der Waals surface area (Å²) in [4.78, 5) is 25.8. The number of rotatable bonds is 17. The van der Waals surface area contributed by atoms with Crippen LogP contribution < -0.4 is 9.47 Å². The molecule has 3 rings (SSSR count). The molecule has 0 heterocycles. The highest BCUT2D eigenvalue weighted by molar-refractivity contribution is 5.72. The minimum atomic E-state index is -0.996. The molecule has 40 heavy (non-hydrogen) atoms. The van der Waals surface area contributed by atoms with Gasteiger partial charge in [0, 0.05) is 26.2 Å². The molecule has 0 saturated heterocycles. The van der Waals surface area contributed by atoms with Crippen LogP contribution in [0.2, 0.25) is 0 Å². The number of benzene rings is 3. The van der Waals surface area contributed by atoms with E-state index in [1.54, 1.807) is 72.5 Å². The third-order valence-corrected chi connectivity index (χ3v) is 5.97. The molecule has 0 radical (unpaired) electrons. The highest BCUT2D eigenvalue weighted by Crippen LogP contribution is 2.16. The Balaban J connectivity index is 1.46. The first-order valence-electron chi connectivity index (χ1n) is 13.3. The van der Waals surface area contributed by atoms with E-state index in [0.29, 0.717) is 50.8 Å². The van der Waals surface area contributed by atoms with Crippen LogP contribution >= 0.6 is 0 Å². The van der Waals surface area contributed by atoms with Gasteiger partial charge in [-0.2, -0.15) is 0 Å². The van der Waals surface area contributed by atoms with E-state index in [0.717, 1.165) is 17.5 Å². The number of aliphatic carboxylic acids is 1. The smallest absolute Gasteiger partial charge is 0.415 e. The van der Waals surface area contributed by atoms with Gasteiger partial charge in [-0.05, 0) is 67.3 Å². The van der Waals surface area contributed by atoms with Gasteiger partial charge in [0.1, 0.15) is 23.9 Å². The molecule has 1 N–H and O–H groups in total. The van der Waals surface area contributed by atoms with E-state index in [1.165, 1.54) is 12.1 Å². The van der Waals surface area contributed by atoms with Gasteiger partial charge in [-0.25, -0.2) is 14.0 Å². The number of ether oxygens (including phenoxy) is 4. The summed E-state index contributed by atoms with van der Waals surface area (Å²) in [6.45, 7) is 4.02. The number of carbonyl (C=O) groups excluding carboxylic acids is 1. The molecule has 0 aliphatic rings. The van der Waals surface area contributed by atoms with Gasteiger partial charge in [-0.3, -0.25) is 0 Å². The van der Waals surface area contributed by atoms with E-state index >= 15 is 0 Å². The average Bonchev–Trinajstić information content (AvgIpc) is 2.96. The molecule has 3 aromatic rings. The van der Waals surface area contributed by atoms with Crippen LogP contribution in [0.3, 0.4) is 0 Å². The van der Waals surface area contributed by atoms with E-state index < -0.39 is 18.2 Å². The maximum atomic E-state index is 13.0. The number of carboxylic acids is 1. The third kappa shape index (κ3) is 11.0. The molecule has 0 saturated carbocycles. The number of unbranched alkanes of at least 4 members (excludes halogenated alkanes) is 1. The van der Waals surface area contributed by atoms with Crippen LogP contribution in [-0.4, -0.2) is 61.1 Å². The second-order valence-electron chi connectivity index (χ2n) is 9.03. The minimum absolute atomic E-state index is 0.251. The van der Waals surface area contributed by atoms with Gasteiger partial charge in [0.15, 0.2) is 6.10 Å². The van der Waals surface area contributed by atoms with Gasteiger partial charge in [0.05, 0.1) is 13.2 Å². The summed E-state index contributed by atoms with van der Waals surface area (Å²) < 4.78 is 35.3. The van der Waals surface area contributed by atoms with E-state index in [-0.39, 0.29) is 18.8 Å². The lowest BCUT2D eigenvalue weighted by Crippen LogP contribution is -2.37. The second kappa shape index (κ2) is 16.9. The SMILES string of the molecule is CCOC(Cc1ccc(OCCN(CCCCOCc2ccc(F)cc2)C(=O)Oc2ccccc2)cc1)C(=O)O. The lowest BCUT2D eigenvalue weighted by Gasteiger charge is -2.22. The number of para-hydroxylation sites is 1. The summed E-state index contributed by atoms with van der Waals surface area (Å²) in [5.41, 5.74) is 1.72. The first-order chi connectivity index (χ1) is 19.4. The Morgan fingerprint density at radius 1 is 0.850 bits per heavy atom. The fourth-order valence-corrected chi connectivity index (χ4v) is 3.85. The molecule has 0 fully saturated rings. The van der Waals surface area contributed by atoms with Crippen LogP contribution in [0, 0.1) is 5.82 Å². The van der Waals surface area contributed by atoms with Crippen molar-refractivity contribution in [2.24, 2.45) is 0 Å². The predicted molar refractivity (Wildman–Crippen MR) is 148 cm³/mol. The van der Waals surface area contributed by atoms with Crippen molar-refractivity contribution in [3.63, 3.8) is 0 Å². The number of amides is 1. The summed E-state index contributed by atoms with van der Waals surface area (Å²) in [7, 11) is 0. The summed E-state index contributed by atoms with van der Waals surface area (Å²) in [5, 5.41) is 9.28. The average molecular weight is 554 g/mol. The summed E-state index contributed by atoms with van der Waals surface area (Å²) in [6, 6.07) is 22.2. The van der Waals surface area contributed by atoms with Crippen molar-refractivity contribution in [3.8, 4) is 11.5 Å². The van der Waals surface area contributed by atoms with Crippen molar-refractivity contribution >= 4 is 12.1 Å². The zero-order valence-electron chi connectivity index (χ0n) is 22.7. The molecule has 1 amide bonds. The Labute approximate surface area is 234 Å². The normalized spacial score (nSPS) is 11.6. The first kappa shape index (κ1) is 30.6. The van der Waals surface area contributed by atoms with Crippen LogP contribution in [0.1, 0.15) is 30.9 Å². The van der Waals surface area contributed by atoms with Gasteiger partial charge in [0.2, 0.25) is 0 Å². The van der Waals surface area contributed by atoms with Crippen LogP contribution in [0.15, 0.2) is 78.9 Å². The van der Waals surface area contributed by atoms with Crippen molar-refractivity contribution in [1.29, 1.82) is 0 Å². The predicted octanol–water partition coefficient (Wildman–Crippen LogP) is 5.73. The largest absolute Gasteiger partial charge is 0.492 e. The first-order valence-corrected chi connectivity index (χ1v) is 13.3. The third-order valence-electron chi connectivity index (χ3n) is 5.97. The molecule has 0 aliphatic carbocycles. The molecule has 0 aromatic heterocycles. The molecule has 9 heteroatoms. The maximum absolute atomic E-state index is 13.0. The molecule has 214 valence electrons. The number of halogens is 1. The van der Waals surface area contributed by atoms with Crippen LogP contribution in [-0.2, 0) is 27.3 Å². The van der Waals surface area contributed by atoms with Crippen molar-refractivity contribution < 1.29 is 38.0 Å². The highest BCUT2D eigenvalue weighted by atomic mass is 19.1. The van der Waals surface area contributed by atoms with Crippen LogP contribution in [0.5, 0.6) is 11.5 Å². The van der Waals surface area contributed by atoms with Crippen molar-refractivity contribution in [1.82, 2.24) is 4.90 Å². The van der Waals surface area contributed by atoms with Crippen molar-refractivity contribution in [2.45, 2.75) is 38.9 Å². The van der Waals surface area contributed by atoms with Gasteiger partial charge >= 0.3 is 12.1 Å². The molecule has 0 bridgehead atoms. The molecule has 1 unspecified atom stereocenters. The maximum Gasteiger partial charge on any atom is 0.415 e. The molecule has 0 aliphatic heterocycles. The number of hydrogen-bond acceptors (Lipinski definition) is 6. The number of carbonyl (C=O) groups is 2. The molecule has 8 nitrogen and oxygen atoms in total. The van der Waals surface area contributed by atoms with Crippen molar-refractivity contribution in [2.75, 3.05) is 32.9 Å². The van der Waals surface area contributed by atoms with Crippen molar-refractivity contribution in [3.05, 3.63) is 95.8 Å². The van der Waals surface area contributed by atoms with E-state index in [9.17, 15) is 19.1 Å². The molecular weight excluding hydrogens is 517 g/mol. The van der Waals surface area contributed by atoms with Crippen LogP contribution in [0.25, 0.3) is 0 Å². The minimum Gasteiger partial charge on any atom is -0.492 e.